The zero-order chi connectivity index (χ0) is 14.9. The van der Waals surface area contributed by atoms with Crippen LogP contribution in [0, 0.1) is 6.92 Å². The molecule has 0 spiro atoms. The van der Waals surface area contributed by atoms with E-state index in [-0.39, 0.29) is 18.6 Å². The molecule has 0 radical (unpaired) electrons. The molecule has 1 N–H and O–H groups in total. The monoisotopic (exact) mass is 292 g/mol. The Kier molecular flexibility index (Phi) is 6.63. The van der Waals surface area contributed by atoms with Gasteiger partial charge in [0.05, 0.1) is 12.7 Å². The standard InChI is InChI=1S/C16H24N2O3/c1-13-5-4-6-14(18-13)8-9-17-16(19)12-20-11-15-7-2-3-10-21-15/h4-6,15H,2-3,7-12H2,1H3,(H,17,19)/t15-/m1/s1. The van der Waals surface area contributed by atoms with Crippen LogP contribution in [0.25, 0.3) is 0 Å². The molecule has 5 heteroatoms. The summed E-state index contributed by atoms with van der Waals surface area (Å²) in [4.78, 5) is 16.0. The van der Waals surface area contributed by atoms with Gasteiger partial charge < -0.3 is 14.8 Å². The number of hydrogen-bond donors (Lipinski definition) is 1. The van der Waals surface area contributed by atoms with E-state index in [2.05, 4.69) is 10.3 Å². The summed E-state index contributed by atoms with van der Waals surface area (Å²) in [6.45, 7) is 3.96. The lowest BCUT2D eigenvalue weighted by atomic mass is 10.1. The van der Waals surface area contributed by atoms with Gasteiger partial charge in [-0.1, -0.05) is 6.07 Å². The summed E-state index contributed by atoms with van der Waals surface area (Å²) >= 11 is 0. The number of carbonyl (C=O) groups is 1. The van der Waals surface area contributed by atoms with Gasteiger partial charge in [-0.05, 0) is 38.3 Å². The van der Waals surface area contributed by atoms with Crippen LogP contribution < -0.4 is 5.32 Å². The molecule has 1 aliphatic rings. The van der Waals surface area contributed by atoms with Gasteiger partial charge >= 0.3 is 0 Å². The van der Waals surface area contributed by atoms with E-state index in [1.54, 1.807) is 0 Å². The molecule has 0 aromatic carbocycles. The van der Waals surface area contributed by atoms with Crippen LogP contribution in [0.2, 0.25) is 0 Å². The first-order chi connectivity index (χ1) is 10.2. The van der Waals surface area contributed by atoms with Crippen molar-refractivity contribution in [1.29, 1.82) is 0 Å². The van der Waals surface area contributed by atoms with Crippen LogP contribution in [0.15, 0.2) is 18.2 Å². The minimum absolute atomic E-state index is 0.0848. The van der Waals surface area contributed by atoms with Crippen molar-refractivity contribution in [3.05, 3.63) is 29.6 Å². The van der Waals surface area contributed by atoms with Gasteiger partial charge in [-0.3, -0.25) is 9.78 Å². The summed E-state index contributed by atoms with van der Waals surface area (Å²) in [6, 6.07) is 5.91. The smallest absolute Gasteiger partial charge is 0.246 e. The largest absolute Gasteiger partial charge is 0.376 e. The van der Waals surface area contributed by atoms with Crippen molar-refractivity contribution < 1.29 is 14.3 Å². The summed E-state index contributed by atoms with van der Waals surface area (Å²) in [5, 5.41) is 2.84. The lowest BCUT2D eigenvalue weighted by molar-refractivity contribution is -0.127. The zero-order valence-corrected chi connectivity index (χ0v) is 12.6. The van der Waals surface area contributed by atoms with Gasteiger partial charge in [0, 0.05) is 31.0 Å². The van der Waals surface area contributed by atoms with E-state index in [1.807, 2.05) is 25.1 Å². The Morgan fingerprint density at radius 2 is 2.38 bits per heavy atom. The molecule has 1 amide bonds. The number of ether oxygens (including phenoxy) is 2. The van der Waals surface area contributed by atoms with Gasteiger partial charge in [-0.15, -0.1) is 0 Å². The molecule has 2 heterocycles. The Morgan fingerprint density at radius 3 is 3.14 bits per heavy atom. The maximum atomic E-state index is 11.6. The van der Waals surface area contributed by atoms with Crippen LogP contribution in [0.4, 0.5) is 0 Å². The minimum Gasteiger partial charge on any atom is -0.376 e. The van der Waals surface area contributed by atoms with Crippen LogP contribution in [0.1, 0.15) is 30.7 Å². The number of rotatable bonds is 7. The van der Waals surface area contributed by atoms with E-state index >= 15 is 0 Å². The third-order valence-corrected chi connectivity index (χ3v) is 3.46. The van der Waals surface area contributed by atoms with E-state index in [4.69, 9.17) is 9.47 Å². The molecule has 1 aromatic heterocycles. The number of nitrogens with one attached hydrogen (secondary N) is 1. The molecular weight excluding hydrogens is 268 g/mol. The number of pyridine rings is 1. The Morgan fingerprint density at radius 1 is 1.48 bits per heavy atom. The SMILES string of the molecule is Cc1cccc(CCNC(=O)COC[C@H]2CCCCO2)n1. The third kappa shape index (κ3) is 6.23. The highest BCUT2D eigenvalue weighted by Crippen LogP contribution is 2.12. The Balaban J connectivity index is 1.55. The van der Waals surface area contributed by atoms with Crippen molar-refractivity contribution in [3.8, 4) is 0 Å². The van der Waals surface area contributed by atoms with Crippen LogP contribution >= 0.6 is 0 Å². The van der Waals surface area contributed by atoms with Crippen molar-refractivity contribution in [1.82, 2.24) is 10.3 Å². The van der Waals surface area contributed by atoms with Crippen LogP contribution in [0.5, 0.6) is 0 Å². The predicted molar refractivity (Wildman–Crippen MR) is 80.1 cm³/mol. The number of nitrogens with zero attached hydrogens (tertiary/aromatic N) is 1. The van der Waals surface area contributed by atoms with Crippen LogP contribution in [-0.4, -0.2) is 43.4 Å². The molecule has 1 saturated heterocycles. The fourth-order valence-electron chi connectivity index (χ4n) is 2.34. The zero-order valence-electron chi connectivity index (χ0n) is 12.6. The summed E-state index contributed by atoms with van der Waals surface area (Å²) in [5.41, 5.74) is 1.99. The number of aromatic nitrogens is 1. The average Bonchev–Trinajstić information content (AvgIpc) is 2.48. The number of hydrogen-bond acceptors (Lipinski definition) is 4. The van der Waals surface area contributed by atoms with Crippen LogP contribution in [0.3, 0.4) is 0 Å². The maximum Gasteiger partial charge on any atom is 0.246 e. The summed E-state index contributed by atoms with van der Waals surface area (Å²) in [5.74, 6) is -0.0848. The predicted octanol–water partition coefficient (Wildman–Crippen LogP) is 1.63. The first kappa shape index (κ1) is 15.9. The highest BCUT2D eigenvalue weighted by molar-refractivity contribution is 5.77. The normalized spacial score (nSPS) is 18.4. The second-order valence-corrected chi connectivity index (χ2v) is 5.37. The Bertz CT molecular complexity index is 445. The van der Waals surface area contributed by atoms with E-state index in [0.29, 0.717) is 13.2 Å². The van der Waals surface area contributed by atoms with Gasteiger partial charge in [0.25, 0.3) is 0 Å². The number of carbonyl (C=O) groups excluding carboxylic acids is 1. The first-order valence-corrected chi connectivity index (χ1v) is 7.62. The summed E-state index contributed by atoms with van der Waals surface area (Å²) in [7, 11) is 0. The van der Waals surface area contributed by atoms with Crippen molar-refractivity contribution in [2.24, 2.45) is 0 Å². The summed E-state index contributed by atoms with van der Waals surface area (Å²) < 4.78 is 10.9. The quantitative estimate of drug-likeness (QED) is 0.830. The molecule has 0 bridgehead atoms. The van der Waals surface area contributed by atoms with Crippen LogP contribution in [-0.2, 0) is 20.7 Å². The third-order valence-electron chi connectivity index (χ3n) is 3.46. The molecule has 1 aromatic rings. The topological polar surface area (TPSA) is 60.5 Å². The van der Waals surface area contributed by atoms with Crippen molar-refractivity contribution in [2.45, 2.75) is 38.7 Å². The minimum atomic E-state index is -0.0848. The van der Waals surface area contributed by atoms with Gasteiger partial charge in [0.1, 0.15) is 6.61 Å². The molecule has 0 aliphatic carbocycles. The van der Waals surface area contributed by atoms with E-state index in [0.717, 1.165) is 37.3 Å². The fourth-order valence-corrected chi connectivity index (χ4v) is 2.34. The molecule has 1 atom stereocenters. The van der Waals surface area contributed by atoms with E-state index in [9.17, 15) is 4.79 Å². The second-order valence-electron chi connectivity index (χ2n) is 5.37. The lowest BCUT2D eigenvalue weighted by Gasteiger charge is -2.22. The molecule has 116 valence electrons. The van der Waals surface area contributed by atoms with Gasteiger partial charge in [-0.2, -0.15) is 0 Å². The molecule has 2 rings (SSSR count). The lowest BCUT2D eigenvalue weighted by Crippen LogP contribution is -2.32. The highest BCUT2D eigenvalue weighted by atomic mass is 16.5. The van der Waals surface area contributed by atoms with Crippen molar-refractivity contribution >= 4 is 5.91 Å². The second kappa shape index (κ2) is 8.74. The summed E-state index contributed by atoms with van der Waals surface area (Å²) in [6.07, 6.45) is 4.23. The van der Waals surface area contributed by atoms with E-state index < -0.39 is 0 Å². The molecular formula is C16H24N2O3. The molecule has 0 unspecified atom stereocenters. The van der Waals surface area contributed by atoms with Gasteiger partial charge in [0.15, 0.2) is 0 Å². The molecule has 21 heavy (non-hydrogen) atoms. The number of aryl methyl sites for hydroxylation is 1. The molecule has 0 saturated carbocycles. The highest BCUT2D eigenvalue weighted by Gasteiger charge is 2.14. The Labute approximate surface area is 126 Å². The Hall–Kier alpha value is -1.46. The number of amides is 1. The van der Waals surface area contributed by atoms with Crippen molar-refractivity contribution in [2.75, 3.05) is 26.4 Å². The average molecular weight is 292 g/mol. The molecule has 5 nitrogen and oxygen atoms in total. The fraction of sp³-hybridized carbons (Fsp3) is 0.625. The molecule has 1 aliphatic heterocycles. The van der Waals surface area contributed by atoms with E-state index in [1.165, 1.54) is 6.42 Å². The van der Waals surface area contributed by atoms with Gasteiger partial charge in [0.2, 0.25) is 5.91 Å². The van der Waals surface area contributed by atoms with Crippen molar-refractivity contribution in [3.63, 3.8) is 0 Å². The molecule has 1 fully saturated rings. The first-order valence-electron chi connectivity index (χ1n) is 7.62. The maximum absolute atomic E-state index is 11.6. The van der Waals surface area contributed by atoms with Gasteiger partial charge in [-0.25, -0.2) is 0 Å².